The molecular formula is C15H13FN4O. The van der Waals surface area contributed by atoms with Crippen molar-refractivity contribution < 1.29 is 8.81 Å². The van der Waals surface area contributed by atoms with Gasteiger partial charge in [-0.1, -0.05) is 0 Å². The highest BCUT2D eigenvalue weighted by Crippen LogP contribution is 2.15. The van der Waals surface area contributed by atoms with Gasteiger partial charge < -0.3 is 15.1 Å². The van der Waals surface area contributed by atoms with Gasteiger partial charge in [-0.25, -0.2) is 9.37 Å². The van der Waals surface area contributed by atoms with Crippen LogP contribution in [0.3, 0.4) is 0 Å². The predicted octanol–water partition coefficient (Wildman–Crippen LogP) is 3.56. The molecule has 1 aromatic carbocycles. The summed E-state index contributed by atoms with van der Waals surface area (Å²) in [4.78, 5) is 8.44. The van der Waals surface area contributed by atoms with Gasteiger partial charge in [-0.05, 0) is 42.5 Å². The summed E-state index contributed by atoms with van der Waals surface area (Å²) in [5.74, 6) is 1.65. The van der Waals surface area contributed by atoms with Gasteiger partial charge in [-0.2, -0.15) is 4.98 Å². The lowest BCUT2D eigenvalue weighted by atomic mass is 10.3. The Balaban J connectivity index is 1.66. The number of furan rings is 1. The molecule has 0 saturated carbocycles. The van der Waals surface area contributed by atoms with E-state index >= 15 is 0 Å². The summed E-state index contributed by atoms with van der Waals surface area (Å²) in [7, 11) is 0. The van der Waals surface area contributed by atoms with Crippen LogP contribution in [0.5, 0.6) is 0 Å². The Kier molecular flexibility index (Phi) is 3.77. The van der Waals surface area contributed by atoms with Gasteiger partial charge in [0.15, 0.2) is 0 Å². The van der Waals surface area contributed by atoms with E-state index in [9.17, 15) is 4.39 Å². The molecule has 0 unspecified atom stereocenters. The normalized spacial score (nSPS) is 10.3. The number of rotatable bonds is 5. The summed E-state index contributed by atoms with van der Waals surface area (Å²) in [6.45, 7) is 0.542. The molecule has 3 aromatic rings. The first-order valence-corrected chi connectivity index (χ1v) is 6.41. The minimum atomic E-state index is -0.282. The molecule has 0 radical (unpaired) electrons. The number of halogens is 1. The number of benzene rings is 1. The minimum Gasteiger partial charge on any atom is -0.467 e. The van der Waals surface area contributed by atoms with Gasteiger partial charge in [0.05, 0.1) is 12.8 Å². The number of anilines is 3. The van der Waals surface area contributed by atoms with Crippen molar-refractivity contribution in [1.82, 2.24) is 9.97 Å². The van der Waals surface area contributed by atoms with Gasteiger partial charge in [-0.15, -0.1) is 0 Å². The van der Waals surface area contributed by atoms with Crippen LogP contribution in [0.15, 0.2) is 59.3 Å². The van der Waals surface area contributed by atoms with Crippen LogP contribution in [0, 0.1) is 5.82 Å². The van der Waals surface area contributed by atoms with Crippen molar-refractivity contribution in [2.45, 2.75) is 6.54 Å². The summed E-state index contributed by atoms with van der Waals surface area (Å²) < 4.78 is 18.1. The van der Waals surface area contributed by atoms with E-state index in [-0.39, 0.29) is 5.82 Å². The van der Waals surface area contributed by atoms with Crippen molar-refractivity contribution >= 4 is 17.5 Å². The van der Waals surface area contributed by atoms with E-state index in [2.05, 4.69) is 20.6 Å². The van der Waals surface area contributed by atoms with E-state index in [1.807, 2.05) is 12.1 Å². The first-order chi connectivity index (χ1) is 10.3. The van der Waals surface area contributed by atoms with Crippen LogP contribution in [0.2, 0.25) is 0 Å². The monoisotopic (exact) mass is 284 g/mol. The molecule has 0 aliphatic rings. The first kappa shape index (κ1) is 13.1. The molecule has 106 valence electrons. The van der Waals surface area contributed by atoms with Gasteiger partial charge in [-0.3, -0.25) is 0 Å². The molecule has 2 aromatic heterocycles. The highest BCUT2D eigenvalue weighted by molar-refractivity contribution is 5.54. The van der Waals surface area contributed by atoms with Crippen molar-refractivity contribution in [1.29, 1.82) is 0 Å². The van der Waals surface area contributed by atoms with Crippen LogP contribution in [0.4, 0.5) is 21.8 Å². The first-order valence-electron chi connectivity index (χ1n) is 6.41. The van der Waals surface area contributed by atoms with E-state index in [0.717, 1.165) is 11.4 Å². The van der Waals surface area contributed by atoms with E-state index in [1.54, 1.807) is 30.7 Å². The molecule has 0 aliphatic carbocycles. The Morgan fingerprint density at radius 3 is 2.71 bits per heavy atom. The summed E-state index contributed by atoms with van der Waals surface area (Å²) in [5.41, 5.74) is 0.722. The minimum absolute atomic E-state index is 0.282. The molecule has 0 amide bonds. The molecule has 0 saturated heterocycles. The van der Waals surface area contributed by atoms with E-state index in [4.69, 9.17) is 4.42 Å². The quantitative estimate of drug-likeness (QED) is 0.750. The fourth-order valence-corrected chi connectivity index (χ4v) is 1.77. The molecular weight excluding hydrogens is 271 g/mol. The standard InChI is InChI=1S/C15H13FN4O/c16-11-3-5-12(6-4-11)19-15-17-8-7-14(20-15)18-10-13-2-1-9-21-13/h1-9H,10H2,(H2,17,18,19,20). The average molecular weight is 284 g/mol. The lowest BCUT2D eigenvalue weighted by Gasteiger charge is -2.07. The van der Waals surface area contributed by atoms with E-state index < -0.39 is 0 Å². The fraction of sp³-hybridized carbons (Fsp3) is 0.0667. The van der Waals surface area contributed by atoms with Crippen molar-refractivity contribution in [2.24, 2.45) is 0 Å². The van der Waals surface area contributed by atoms with Crippen LogP contribution in [-0.2, 0) is 6.54 Å². The Hall–Kier alpha value is -2.89. The molecule has 0 aliphatic heterocycles. The number of nitrogens with zero attached hydrogens (tertiary/aromatic N) is 2. The third kappa shape index (κ3) is 3.56. The van der Waals surface area contributed by atoms with Gasteiger partial charge in [0.1, 0.15) is 17.4 Å². The zero-order valence-electron chi connectivity index (χ0n) is 11.1. The summed E-state index contributed by atoms with van der Waals surface area (Å²) in [6.07, 6.45) is 3.27. The number of nitrogens with one attached hydrogen (secondary N) is 2. The highest BCUT2D eigenvalue weighted by atomic mass is 19.1. The molecule has 0 fully saturated rings. The van der Waals surface area contributed by atoms with Crippen LogP contribution in [-0.4, -0.2) is 9.97 Å². The van der Waals surface area contributed by atoms with Crippen molar-refractivity contribution in [3.05, 3.63) is 66.5 Å². The molecule has 0 bridgehead atoms. The maximum absolute atomic E-state index is 12.8. The smallest absolute Gasteiger partial charge is 0.229 e. The molecule has 2 N–H and O–H groups in total. The lowest BCUT2D eigenvalue weighted by Crippen LogP contribution is -2.03. The van der Waals surface area contributed by atoms with Gasteiger partial charge in [0.25, 0.3) is 0 Å². The lowest BCUT2D eigenvalue weighted by molar-refractivity contribution is 0.518. The largest absolute Gasteiger partial charge is 0.467 e. The van der Waals surface area contributed by atoms with Crippen LogP contribution in [0.1, 0.15) is 5.76 Å². The summed E-state index contributed by atoms with van der Waals surface area (Å²) in [5, 5.41) is 6.15. The molecule has 2 heterocycles. The van der Waals surface area contributed by atoms with Crippen LogP contribution < -0.4 is 10.6 Å². The van der Waals surface area contributed by atoms with Gasteiger partial charge >= 0.3 is 0 Å². The van der Waals surface area contributed by atoms with Crippen molar-refractivity contribution in [3.8, 4) is 0 Å². The molecule has 3 rings (SSSR count). The Morgan fingerprint density at radius 1 is 1.10 bits per heavy atom. The second-order valence-corrected chi connectivity index (χ2v) is 4.33. The van der Waals surface area contributed by atoms with E-state index in [0.29, 0.717) is 18.3 Å². The van der Waals surface area contributed by atoms with Crippen molar-refractivity contribution in [2.75, 3.05) is 10.6 Å². The zero-order valence-corrected chi connectivity index (χ0v) is 11.1. The Labute approximate surface area is 120 Å². The number of hydrogen-bond donors (Lipinski definition) is 2. The zero-order chi connectivity index (χ0) is 14.5. The second-order valence-electron chi connectivity index (χ2n) is 4.33. The predicted molar refractivity (Wildman–Crippen MR) is 77.7 cm³/mol. The average Bonchev–Trinajstić information content (AvgIpc) is 3.01. The van der Waals surface area contributed by atoms with Gasteiger partial charge in [0.2, 0.25) is 5.95 Å². The molecule has 0 atom stereocenters. The Morgan fingerprint density at radius 2 is 1.95 bits per heavy atom. The Bertz CT molecular complexity index is 698. The third-order valence-corrected chi connectivity index (χ3v) is 2.78. The fourth-order valence-electron chi connectivity index (χ4n) is 1.77. The molecule has 0 spiro atoms. The summed E-state index contributed by atoms with van der Waals surface area (Å²) in [6, 6.07) is 11.5. The maximum atomic E-state index is 12.8. The van der Waals surface area contributed by atoms with Crippen LogP contribution >= 0.6 is 0 Å². The SMILES string of the molecule is Fc1ccc(Nc2nccc(NCc3ccco3)n2)cc1. The van der Waals surface area contributed by atoms with Gasteiger partial charge in [0, 0.05) is 11.9 Å². The maximum Gasteiger partial charge on any atom is 0.229 e. The molecule has 6 heteroatoms. The summed E-state index contributed by atoms with van der Waals surface area (Å²) >= 11 is 0. The highest BCUT2D eigenvalue weighted by Gasteiger charge is 2.01. The topological polar surface area (TPSA) is 63.0 Å². The molecule has 21 heavy (non-hydrogen) atoms. The number of aromatic nitrogens is 2. The van der Waals surface area contributed by atoms with Crippen molar-refractivity contribution in [3.63, 3.8) is 0 Å². The molecule has 5 nitrogen and oxygen atoms in total. The second kappa shape index (κ2) is 6.04. The third-order valence-electron chi connectivity index (χ3n) is 2.78. The number of hydrogen-bond acceptors (Lipinski definition) is 5. The van der Waals surface area contributed by atoms with Crippen LogP contribution in [0.25, 0.3) is 0 Å². The van der Waals surface area contributed by atoms with E-state index in [1.165, 1.54) is 12.1 Å².